The maximum absolute atomic E-state index is 13.0. The minimum absolute atomic E-state index is 0.0542. The molecule has 0 radical (unpaired) electrons. The molecule has 1 aliphatic heterocycles. The van der Waals surface area contributed by atoms with Gasteiger partial charge in [0.25, 0.3) is 0 Å². The highest BCUT2D eigenvalue weighted by Gasteiger charge is 2.51. The minimum Gasteiger partial charge on any atom is -0.259 e. The number of alkyl halides is 3. The van der Waals surface area contributed by atoms with Gasteiger partial charge in [-0.2, -0.15) is 17.5 Å². The number of nitrogens with zero attached hydrogens (tertiary/aromatic N) is 2. The lowest BCUT2D eigenvalue weighted by molar-refractivity contribution is -0.0497. The highest BCUT2D eigenvalue weighted by atomic mass is 79.9. The highest BCUT2D eigenvalue weighted by Crippen LogP contribution is 2.46. The predicted octanol–water partition coefficient (Wildman–Crippen LogP) is 6.05. The number of aryl methyl sites for hydroxylation is 2. The minimum atomic E-state index is -5.32. The third kappa shape index (κ3) is 4.43. The van der Waals surface area contributed by atoms with Gasteiger partial charge >= 0.3 is 15.5 Å². The van der Waals surface area contributed by atoms with Crippen molar-refractivity contribution in [2.24, 2.45) is 5.92 Å². The molecule has 2 aliphatic rings. The Hall–Kier alpha value is -0.680. The maximum atomic E-state index is 13.0. The summed E-state index contributed by atoms with van der Waals surface area (Å²) in [5.74, 6) is -0.218. The predicted molar refractivity (Wildman–Crippen MR) is 120 cm³/mol. The molecule has 1 atom stereocenters. The molecule has 0 amide bonds. The zero-order valence-corrected chi connectivity index (χ0v) is 20.8. The van der Waals surface area contributed by atoms with E-state index in [1.807, 2.05) is 18.2 Å². The molecule has 168 valence electrons. The van der Waals surface area contributed by atoms with Gasteiger partial charge in [0.1, 0.15) is 0 Å². The van der Waals surface area contributed by atoms with Crippen molar-refractivity contribution < 1.29 is 21.6 Å². The summed E-state index contributed by atoms with van der Waals surface area (Å²) in [6.45, 7) is -0.342. The lowest BCUT2D eigenvalue weighted by Crippen LogP contribution is -2.45. The standard InChI is InChI=1S/C20H18Br2ClF3N2O2S/c21-14-7-13-2-1-12-8-15(23)9-16(22)17(12)18(19(13)27-10-14)11-3-5-28(6-4-11)31(29,30)20(24,25)26/h7-11,18H,1-6H2. The van der Waals surface area contributed by atoms with Crippen LogP contribution in [0.3, 0.4) is 0 Å². The fourth-order valence-corrected chi connectivity index (χ4v) is 7.11. The van der Waals surface area contributed by atoms with Gasteiger partial charge in [0.2, 0.25) is 0 Å². The van der Waals surface area contributed by atoms with Gasteiger partial charge < -0.3 is 0 Å². The smallest absolute Gasteiger partial charge is 0.259 e. The Balaban J connectivity index is 1.73. The first-order valence-electron chi connectivity index (χ1n) is 9.67. The molecule has 0 spiro atoms. The zero-order valence-electron chi connectivity index (χ0n) is 16.1. The Bertz CT molecular complexity index is 1120. The van der Waals surface area contributed by atoms with E-state index in [9.17, 15) is 21.6 Å². The van der Waals surface area contributed by atoms with Gasteiger partial charge in [-0.3, -0.25) is 4.98 Å². The van der Waals surface area contributed by atoms with Crippen LogP contribution in [-0.4, -0.2) is 36.3 Å². The molecular formula is C20H18Br2ClF3N2O2S. The second-order valence-corrected chi connectivity index (χ2v) is 12.0. The Morgan fingerprint density at radius 2 is 1.71 bits per heavy atom. The fourth-order valence-electron chi connectivity index (χ4n) is 4.63. The number of sulfonamides is 1. The molecule has 1 unspecified atom stereocenters. The first-order valence-corrected chi connectivity index (χ1v) is 13.1. The summed E-state index contributed by atoms with van der Waals surface area (Å²) < 4.78 is 64.9. The maximum Gasteiger partial charge on any atom is 0.511 e. The normalized spacial score (nSPS) is 20.8. The lowest BCUT2D eigenvalue weighted by Gasteiger charge is -2.36. The van der Waals surface area contributed by atoms with Crippen LogP contribution >= 0.6 is 43.5 Å². The number of rotatable bonds is 2. The van der Waals surface area contributed by atoms with Gasteiger partial charge in [-0.1, -0.05) is 27.5 Å². The molecule has 0 N–H and O–H groups in total. The van der Waals surface area contributed by atoms with Crippen molar-refractivity contribution in [1.29, 1.82) is 0 Å². The van der Waals surface area contributed by atoms with Crippen LogP contribution < -0.4 is 0 Å². The van der Waals surface area contributed by atoms with E-state index in [0.29, 0.717) is 22.2 Å². The van der Waals surface area contributed by atoms with E-state index in [1.54, 1.807) is 6.20 Å². The van der Waals surface area contributed by atoms with Crippen molar-refractivity contribution in [1.82, 2.24) is 9.29 Å². The molecule has 2 heterocycles. The van der Waals surface area contributed by atoms with E-state index in [4.69, 9.17) is 16.6 Å². The van der Waals surface area contributed by atoms with Gasteiger partial charge in [-0.15, -0.1) is 0 Å². The van der Waals surface area contributed by atoms with Crippen LogP contribution in [0.25, 0.3) is 0 Å². The van der Waals surface area contributed by atoms with Crippen LogP contribution in [0.4, 0.5) is 13.2 Å². The Morgan fingerprint density at radius 3 is 2.35 bits per heavy atom. The molecule has 0 bridgehead atoms. The molecule has 4 nitrogen and oxygen atoms in total. The van der Waals surface area contributed by atoms with Crippen molar-refractivity contribution in [2.45, 2.75) is 37.1 Å². The van der Waals surface area contributed by atoms with E-state index < -0.39 is 15.5 Å². The molecule has 2 aromatic rings. The SMILES string of the molecule is O=S(=O)(N1CCC(C2c3ncc(Br)cc3CCc3cc(Cl)cc(Br)c32)CC1)C(F)(F)F. The van der Waals surface area contributed by atoms with Crippen LogP contribution in [0.5, 0.6) is 0 Å². The third-order valence-corrected chi connectivity index (χ3v) is 8.96. The summed E-state index contributed by atoms with van der Waals surface area (Å²) in [5, 5.41) is 0.607. The molecule has 11 heteroatoms. The average Bonchev–Trinajstić information content (AvgIpc) is 2.84. The van der Waals surface area contributed by atoms with E-state index in [-0.39, 0.29) is 24.9 Å². The lowest BCUT2D eigenvalue weighted by atomic mass is 9.77. The summed E-state index contributed by atoms with van der Waals surface area (Å²) in [6.07, 6.45) is 3.87. The van der Waals surface area contributed by atoms with Crippen LogP contribution in [0.2, 0.25) is 5.02 Å². The summed E-state index contributed by atoms with van der Waals surface area (Å²) >= 11 is 13.4. The Labute approximate surface area is 200 Å². The highest BCUT2D eigenvalue weighted by molar-refractivity contribution is 9.10. The third-order valence-electron chi connectivity index (χ3n) is 6.02. The van der Waals surface area contributed by atoms with Crippen molar-refractivity contribution in [2.75, 3.05) is 13.1 Å². The number of hydrogen-bond acceptors (Lipinski definition) is 3. The van der Waals surface area contributed by atoms with E-state index in [2.05, 4.69) is 31.9 Å². The molecule has 1 saturated heterocycles. The van der Waals surface area contributed by atoms with Crippen LogP contribution in [0, 0.1) is 5.92 Å². The number of halogens is 6. The molecule has 1 fully saturated rings. The van der Waals surface area contributed by atoms with Gasteiger partial charge in [0.15, 0.2) is 0 Å². The molecule has 1 aliphatic carbocycles. The second-order valence-electron chi connectivity index (χ2n) is 7.82. The molecule has 0 saturated carbocycles. The van der Waals surface area contributed by atoms with Gasteiger partial charge in [-0.05, 0) is 82.4 Å². The van der Waals surface area contributed by atoms with Crippen molar-refractivity contribution in [3.63, 3.8) is 0 Å². The summed E-state index contributed by atoms with van der Waals surface area (Å²) in [5.41, 5.74) is -1.21. The van der Waals surface area contributed by atoms with Crippen molar-refractivity contribution in [3.05, 3.63) is 60.7 Å². The van der Waals surface area contributed by atoms with Crippen LogP contribution in [-0.2, 0) is 22.9 Å². The van der Waals surface area contributed by atoms with E-state index in [1.165, 1.54) is 0 Å². The number of benzene rings is 1. The number of pyridine rings is 1. The van der Waals surface area contributed by atoms with E-state index in [0.717, 1.165) is 44.2 Å². The van der Waals surface area contributed by atoms with Gasteiger partial charge in [0.05, 0.1) is 5.69 Å². The first kappa shape index (κ1) is 23.5. The Kier molecular flexibility index (Phi) is 6.51. The van der Waals surface area contributed by atoms with Gasteiger partial charge in [0, 0.05) is 39.2 Å². The summed E-state index contributed by atoms with van der Waals surface area (Å²) in [4.78, 5) is 4.69. The monoisotopic (exact) mass is 600 g/mol. The largest absolute Gasteiger partial charge is 0.511 e. The quantitative estimate of drug-likeness (QED) is 0.421. The molecule has 4 rings (SSSR count). The van der Waals surface area contributed by atoms with Crippen molar-refractivity contribution >= 4 is 53.5 Å². The fraction of sp³-hybridized carbons (Fsp3) is 0.450. The molecular weight excluding hydrogens is 585 g/mol. The van der Waals surface area contributed by atoms with Gasteiger partial charge in [-0.25, -0.2) is 8.42 Å². The number of piperidine rings is 1. The second kappa shape index (κ2) is 8.59. The number of aromatic nitrogens is 1. The average molecular weight is 603 g/mol. The van der Waals surface area contributed by atoms with Crippen molar-refractivity contribution in [3.8, 4) is 0 Å². The molecule has 1 aromatic heterocycles. The zero-order chi connectivity index (χ0) is 22.6. The van der Waals surface area contributed by atoms with Crippen LogP contribution in [0.15, 0.2) is 33.3 Å². The summed E-state index contributed by atoms with van der Waals surface area (Å²) in [7, 11) is -5.32. The Morgan fingerprint density at radius 1 is 1.06 bits per heavy atom. The van der Waals surface area contributed by atoms with Crippen LogP contribution in [0.1, 0.15) is 41.1 Å². The topological polar surface area (TPSA) is 50.3 Å². The summed E-state index contributed by atoms with van der Waals surface area (Å²) in [6, 6.07) is 5.78. The number of hydrogen-bond donors (Lipinski definition) is 0. The first-order chi connectivity index (χ1) is 14.5. The number of fused-ring (bicyclic) bond motifs is 2. The molecule has 1 aromatic carbocycles. The van der Waals surface area contributed by atoms with E-state index >= 15 is 0 Å². The molecule has 31 heavy (non-hydrogen) atoms.